The van der Waals surface area contributed by atoms with E-state index in [1.54, 1.807) is 0 Å². The normalized spacial score (nSPS) is 37.9. The molecule has 1 aromatic rings. The van der Waals surface area contributed by atoms with Gasteiger partial charge >= 0.3 is 0 Å². The fraction of sp³-hybridized carbons (Fsp3) is 0.500. The quantitative estimate of drug-likeness (QED) is 0.715. The van der Waals surface area contributed by atoms with Gasteiger partial charge in [-0.3, -0.25) is 0 Å². The molecule has 70 valence electrons. The lowest BCUT2D eigenvalue weighted by atomic mass is 9.93. The van der Waals surface area contributed by atoms with Crippen molar-refractivity contribution < 1.29 is 15.7 Å². The molecular weight excluding hydrogens is 230 g/mol. The monoisotopic (exact) mass is 249 g/mol. The third-order valence-electron chi connectivity index (χ3n) is 1.51. The molecule has 0 aromatic carbocycles. The maximum absolute atomic E-state index is 8.41. The zero-order valence-corrected chi connectivity index (χ0v) is 8.23. The Bertz CT molecular complexity index is 577. The summed E-state index contributed by atoms with van der Waals surface area (Å²) in [7, 11) is 0. The summed E-state index contributed by atoms with van der Waals surface area (Å²) in [5.74, 6) is -2.56. The lowest BCUT2D eigenvalue weighted by molar-refractivity contribution is 0.0852. The third-order valence-corrected chi connectivity index (χ3v) is 1.88. The van der Waals surface area contributed by atoms with Crippen molar-refractivity contribution in [1.29, 1.82) is 0 Å². The fourth-order valence-electron chi connectivity index (χ4n) is 0.930. The number of nitrogens with zero attached hydrogens (tertiary/aromatic N) is 1. The molecule has 0 amide bonds. The lowest BCUT2D eigenvalue weighted by Crippen LogP contribution is -2.14. The van der Waals surface area contributed by atoms with Crippen molar-refractivity contribution in [2.24, 2.45) is 0 Å². The van der Waals surface area contributed by atoms with Crippen LogP contribution in [0.1, 0.15) is 35.2 Å². The van der Waals surface area contributed by atoms with Crippen LogP contribution in [0.25, 0.3) is 0 Å². The average Bonchev–Trinajstić information content (AvgIpc) is 2.33. The second-order valence-electron chi connectivity index (χ2n) is 2.36. The molecule has 0 atom stereocenters. The van der Waals surface area contributed by atoms with Gasteiger partial charge in [0.25, 0.3) is 0 Å². The van der Waals surface area contributed by atoms with E-state index in [2.05, 4.69) is 20.9 Å². The molecule has 0 saturated carbocycles. The topological polar surface area (TPSA) is 22.1 Å². The summed E-state index contributed by atoms with van der Waals surface area (Å²) >= 11 is 2.92. The largest absolute Gasteiger partial charge is 0.381 e. The van der Waals surface area contributed by atoms with E-state index in [9.17, 15) is 0 Å². The molecule has 0 unspecified atom stereocenters. The molecule has 1 aliphatic heterocycles. The second kappa shape index (κ2) is 4.20. The van der Waals surface area contributed by atoms with E-state index in [-0.39, 0.29) is 4.60 Å². The Morgan fingerprint density at radius 2 is 2.38 bits per heavy atom. The summed E-state index contributed by atoms with van der Waals surface area (Å²) in [6.45, 7) is -1.06. The third kappa shape index (κ3) is 2.29. The molecular formula is C10H12BrNO. The van der Waals surface area contributed by atoms with Gasteiger partial charge in [-0.1, -0.05) is 6.04 Å². The smallest absolute Gasteiger partial charge is 0.106 e. The van der Waals surface area contributed by atoms with E-state index in [1.165, 1.54) is 0 Å². The highest BCUT2D eigenvalue weighted by Gasteiger charge is 2.15. The van der Waals surface area contributed by atoms with Crippen LogP contribution in [0.2, 0.25) is 0 Å². The molecule has 0 aliphatic carbocycles. The minimum absolute atomic E-state index is 0.0713. The van der Waals surface area contributed by atoms with Gasteiger partial charge < -0.3 is 4.74 Å². The van der Waals surface area contributed by atoms with Gasteiger partial charge in [-0.15, -0.1) is 0 Å². The molecule has 0 spiro atoms. The fourth-order valence-corrected chi connectivity index (χ4v) is 1.12. The summed E-state index contributed by atoms with van der Waals surface area (Å²) in [5.41, 5.74) is -0.533. The first-order chi connectivity index (χ1) is 9.46. The summed E-state index contributed by atoms with van der Waals surface area (Å²) in [6, 6.07) is -0.989. The van der Waals surface area contributed by atoms with Crippen molar-refractivity contribution in [2.75, 3.05) is 13.2 Å². The summed E-state index contributed by atoms with van der Waals surface area (Å²) < 4.78 is 68.4. The molecule has 0 N–H and O–H groups in total. The predicted octanol–water partition coefficient (Wildman–Crippen LogP) is 2.74. The van der Waals surface area contributed by atoms with Gasteiger partial charge in [-0.05, 0) is 46.2 Å². The molecule has 2 heterocycles. The number of aromatic nitrogens is 1. The Morgan fingerprint density at radius 1 is 1.62 bits per heavy atom. The Morgan fingerprint density at radius 3 is 3.15 bits per heavy atom. The van der Waals surface area contributed by atoms with Gasteiger partial charge in [0.2, 0.25) is 0 Å². The average molecular weight is 250 g/mol. The Kier molecular flexibility index (Phi) is 1.17. The van der Waals surface area contributed by atoms with Crippen LogP contribution in [-0.4, -0.2) is 18.2 Å². The maximum Gasteiger partial charge on any atom is 0.106 e. The highest BCUT2D eigenvalue weighted by molar-refractivity contribution is 9.10. The highest BCUT2D eigenvalue weighted by atomic mass is 79.9. The molecule has 2 rings (SSSR count). The summed E-state index contributed by atoms with van der Waals surface area (Å²) in [4.78, 5) is 3.67. The van der Waals surface area contributed by atoms with Gasteiger partial charge in [0.15, 0.2) is 0 Å². The van der Waals surface area contributed by atoms with E-state index < -0.39 is 55.7 Å². The van der Waals surface area contributed by atoms with Crippen molar-refractivity contribution in [2.45, 2.75) is 18.6 Å². The van der Waals surface area contributed by atoms with Crippen LogP contribution in [0.3, 0.4) is 0 Å². The van der Waals surface area contributed by atoms with Gasteiger partial charge in [0, 0.05) is 26.2 Å². The van der Waals surface area contributed by atoms with Crippen LogP contribution < -0.4 is 0 Å². The SMILES string of the molecule is [2H]c1nc(Br)c([2H])c([2H])c1C1([2H])C([2H])([2H])COCC1([2H])[2H]. The van der Waals surface area contributed by atoms with Gasteiger partial charge in [-0.2, -0.15) is 0 Å². The van der Waals surface area contributed by atoms with E-state index in [1.807, 2.05) is 0 Å². The molecule has 1 aliphatic rings. The van der Waals surface area contributed by atoms with E-state index in [4.69, 9.17) is 15.7 Å². The molecule has 0 radical (unpaired) electrons. The van der Waals surface area contributed by atoms with Crippen LogP contribution in [0.15, 0.2) is 22.9 Å². The van der Waals surface area contributed by atoms with Crippen molar-refractivity contribution in [1.82, 2.24) is 4.98 Å². The number of halogens is 1. The minimum Gasteiger partial charge on any atom is -0.381 e. The maximum atomic E-state index is 8.41. The van der Waals surface area contributed by atoms with Gasteiger partial charge in [-0.25, -0.2) is 4.98 Å². The second-order valence-corrected chi connectivity index (χ2v) is 3.11. The van der Waals surface area contributed by atoms with Gasteiger partial charge in [0.05, 0.1) is 4.11 Å². The molecule has 13 heavy (non-hydrogen) atoms. The number of rotatable bonds is 1. The van der Waals surface area contributed by atoms with E-state index >= 15 is 0 Å². The zero-order valence-electron chi connectivity index (χ0n) is 14.6. The highest BCUT2D eigenvalue weighted by Crippen LogP contribution is 2.26. The molecule has 2 nitrogen and oxygen atoms in total. The first-order valence-electron chi connectivity index (χ1n) is 7.67. The molecule has 1 fully saturated rings. The molecule has 1 aromatic heterocycles. The standard InChI is InChI=1S/C10H12BrNO/c11-10-2-1-9(7-12-10)8-3-5-13-6-4-8/h1-2,7-8H,3-6H2/i1D,2D,3D2,4D2,7D,8D. The summed E-state index contributed by atoms with van der Waals surface area (Å²) in [5, 5.41) is 0. The molecule has 3 heteroatoms. The lowest BCUT2D eigenvalue weighted by Gasteiger charge is -2.21. The molecule has 1 saturated heterocycles. The van der Waals surface area contributed by atoms with Crippen LogP contribution in [-0.2, 0) is 4.74 Å². The van der Waals surface area contributed by atoms with Crippen molar-refractivity contribution in [3.8, 4) is 0 Å². The Balaban J connectivity index is 2.81. The van der Waals surface area contributed by atoms with Gasteiger partial charge in [0.1, 0.15) is 4.60 Å². The summed E-state index contributed by atoms with van der Waals surface area (Å²) in [6.07, 6.45) is -5.53. The molecule has 0 bridgehead atoms. The minimum atomic E-state index is -2.56. The van der Waals surface area contributed by atoms with E-state index in [0.717, 1.165) is 0 Å². The van der Waals surface area contributed by atoms with Crippen molar-refractivity contribution in [3.63, 3.8) is 0 Å². The van der Waals surface area contributed by atoms with Crippen LogP contribution >= 0.6 is 15.9 Å². The van der Waals surface area contributed by atoms with E-state index in [0.29, 0.717) is 0 Å². The first kappa shape index (κ1) is 3.63. The van der Waals surface area contributed by atoms with Crippen LogP contribution in [0.5, 0.6) is 0 Å². The number of ether oxygens (including phenoxy) is 1. The van der Waals surface area contributed by atoms with Crippen LogP contribution in [0, 0.1) is 0 Å². The van der Waals surface area contributed by atoms with Crippen molar-refractivity contribution in [3.05, 3.63) is 28.4 Å². The number of hydrogen-bond acceptors (Lipinski definition) is 2. The first-order valence-corrected chi connectivity index (χ1v) is 4.46. The Labute approximate surface area is 97.7 Å². The predicted molar refractivity (Wildman–Crippen MR) is 54.7 cm³/mol. The Hall–Kier alpha value is -0.410. The number of pyridine rings is 1. The van der Waals surface area contributed by atoms with Crippen LogP contribution in [0.4, 0.5) is 0 Å². The number of hydrogen-bond donors (Lipinski definition) is 0. The zero-order chi connectivity index (χ0) is 16.2. The van der Waals surface area contributed by atoms with Crippen molar-refractivity contribution >= 4 is 15.9 Å².